The number of aliphatic imine (C=N–C) groups is 1. The molecule has 31 heavy (non-hydrogen) atoms. The highest BCUT2D eigenvalue weighted by atomic mass is 32.1. The number of thiazole rings is 1. The van der Waals surface area contributed by atoms with E-state index in [1.807, 2.05) is 12.3 Å². The van der Waals surface area contributed by atoms with Gasteiger partial charge in [-0.1, -0.05) is 6.07 Å². The Morgan fingerprint density at radius 3 is 2.74 bits per heavy atom. The minimum atomic E-state index is 0.471. The third-order valence-corrected chi connectivity index (χ3v) is 6.89. The van der Waals surface area contributed by atoms with Crippen molar-refractivity contribution >= 4 is 22.4 Å². The van der Waals surface area contributed by atoms with Crippen molar-refractivity contribution in [3.63, 3.8) is 0 Å². The monoisotopic (exact) mass is 441 g/mol. The molecule has 7 nitrogen and oxygen atoms in total. The van der Waals surface area contributed by atoms with Gasteiger partial charge in [-0.25, -0.2) is 4.98 Å². The van der Waals surface area contributed by atoms with E-state index in [1.54, 1.807) is 11.3 Å². The van der Waals surface area contributed by atoms with Gasteiger partial charge in [0.2, 0.25) is 0 Å². The number of nitrogens with one attached hydrogen (secondary N) is 2. The number of aromatic nitrogens is 2. The fourth-order valence-electron chi connectivity index (χ4n) is 4.22. The molecule has 2 aliphatic heterocycles. The van der Waals surface area contributed by atoms with E-state index in [-0.39, 0.29) is 0 Å². The molecule has 168 valence electrons. The number of pyridine rings is 1. The molecule has 0 amide bonds. The zero-order valence-electron chi connectivity index (χ0n) is 18.6. The molecule has 0 spiro atoms. The third-order valence-electron chi connectivity index (χ3n) is 5.94. The Hall–Kier alpha value is -2.19. The van der Waals surface area contributed by atoms with Gasteiger partial charge < -0.3 is 15.5 Å². The van der Waals surface area contributed by atoms with Gasteiger partial charge in [-0.15, -0.1) is 11.3 Å². The molecule has 0 saturated carbocycles. The predicted octanol–water partition coefficient (Wildman–Crippen LogP) is 2.90. The van der Waals surface area contributed by atoms with E-state index in [2.05, 4.69) is 49.9 Å². The molecule has 8 heteroatoms. The van der Waals surface area contributed by atoms with Crippen LogP contribution in [0.4, 0.5) is 5.13 Å². The Morgan fingerprint density at radius 1 is 1.16 bits per heavy atom. The van der Waals surface area contributed by atoms with Gasteiger partial charge in [-0.3, -0.25) is 14.9 Å². The SMILES string of the molecule is CCNC(=NCCc1csc(N2CCCC2)n1)NC1CCN(Cc2ccccn2)CC1. The summed E-state index contributed by atoms with van der Waals surface area (Å²) in [6, 6.07) is 6.62. The second kappa shape index (κ2) is 11.4. The topological polar surface area (TPSA) is 68.7 Å². The largest absolute Gasteiger partial charge is 0.357 e. The molecule has 2 N–H and O–H groups in total. The minimum Gasteiger partial charge on any atom is -0.357 e. The number of nitrogens with zero attached hydrogens (tertiary/aromatic N) is 5. The molecule has 2 saturated heterocycles. The van der Waals surface area contributed by atoms with Crippen molar-refractivity contribution in [2.45, 2.75) is 51.6 Å². The molecule has 0 bridgehead atoms. The van der Waals surface area contributed by atoms with Crippen LogP contribution in [0, 0.1) is 0 Å². The van der Waals surface area contributed by atoms with Gasteiger partial charge in [-0.05, 0) is 44.7 Å². The summed E-state index contributed by atoms with van der Waals surface area (Å²) >= 11 is 1.77. The quantitative estimate of drug-likeness (QED) is 0.485. The smallest absolute Gasteiger partial charge is 0.191 e. The second-order valence-electron chi connectivity index (χ2n) is 8.34. The van der Waals surface area contributed by atoms with Crippen LogP contribution < -0.4 is 15.5 Å². The van der Waals surface area contributed by atoms with Crippen molar-refractivity contribution in [3.05, 3.63) is 41.2 Å². The van der Waals surface area contributed by atoms with Crippen LogP contribution in [0.2, 0.25) is 0 Å². The Bertz CT molecular complexity index is 808. The molecule has 2 aromatic heterocycles. The van der Waals surface area contributed by atoms with Crippen LogP contribution in [0.1, 0.15) is 44.0 Å². The van der Waals surface area contributed by atoms with Crippen molar-refractivity contribution in [3.8, 4) is 0 Å². The molecule has 0 aromatic carbocycles. The van der Waals surface area contributed by atoms with Gasteiger partial charge in [0.1, 0.15) is 0 Å². The maximum absolute atomic E-state index is 4.82. The fraction of sp³-hybridized carbons (Fsp3) is 0.609. The Morgan fingerprint density at radius 2 is 2.00 bits per heavy atom. The molecular weight excluding hydrogens is 406 g/mol. The summed E-state index contributed by atoms with van der Waals surface area (Å²) in [5, 5.41) is 10.4. The van der Waals surface area contributed by atoms with Gasteiger partial charge >= 0.3 is 0 Å². The molecule has 4 rings (SSSR count). The number of hydrogen-bond acceptors (Lipinski definition) is 6. The Labute approximate surface area is 190 Å². The molecule has 2 aromatic rings. The summed E-state index contributed by atoms with van der Waals surface area (Å²) < 4.78 is 0. The summed E-state index contributed by atoms with van der Waals surface area (Å²) in [4.78, 5) is 19.0. The van der Waals surface area contributed by atoms with Crippen LogP contribution in [-0.2, 0) is 13.0 Å². The predicted molar refractivity (Wildman–Crippen MR) is 129 cm³/mol. The van der Waals surface area contributed by atoms with E-state index in [0.29, 0.717) is 6.04 Å². The molecule has 4 heterocycles. The lowest BCUT2D eigenvalue weighted by atomic mass is 10.0. The van der Waals surface area contributed by atoms with Gasteiger partial charge in [0, 0.05) is 69.9 Å². The van der Waals surface area contributed by atoms with Gasteiger partial charge in [0.05, 0.1) is 11.4 Å². The number of rotatable bonds is 8. The molecule has 2 aliphatic rings. The van der Waals surface area contributed by atoms with Crippen LogP contribution in [-0.4, -0.2) is 66.1 Å². The van der Waals surface area contributed by atoms with Crippen molar-refractivity contribution in [1.82, 2.24) is 25.5 Å². The average Bonchev–Trinajstić information content (AvgIpc) is 3.48. The van der Waals surface area contributed by atoms with Crippen molar-refractivity contribution in [2.24, 2.45) is 4.99 Å². The molecule has 0 atom stereocenters. The van der Waals surface area contributed by atoms with Crippen LogP contribution in [0.15, 0.2) is 34.8 Å². The van der Waals surface area contributed by atoms with Crippen LogP contribution >= 0.6 is 11.3 Å². The van der Waals surface area contributed by atoms with Crippen molar-refractivity contribution < 1.29 is 0 Å². The highest BCUT2D eigenvalue weighted by Crippen LogP contribution is 2.24. The first-order chi connectivity index (χ1) is 15.3. The number of likely N-dealkylation sites (tertiary alicyclic amines) is 1. The number of hydrogen-bond donors (Lipinski definition) is 2. The summed E-state index contributed by atoms with van der Waals surface area (Å²) in [6.07, 6.45) is 7.61. The maximum Gasteiger partial charge on any atom is 0.191 e. The Balaban J connectivity index is 1.22. The summed E-state index contributed by atoms with van der Waals surface area (Å²) in [6.45, 7) is 9.18. The number of guanidine groups is 1. The van der Waals surface area contributed by atoms with Crippen molar-refractivity contribution in [1.29, 1.82) is 0 Å². The summed E-state index contributed by atoms with van der Waals surface area (Å²) in [7, 11) is 0. The first-order valence-electron chi connectivity index (χ1n) is 11.7. The molecule has 0 radical (unpaired) electrons. The highest BCUT2D eigenvalue weighted by molar-refractivity contribution is 7.13. The van der Waals surface area contributed by atoms with E-state index < -0.39 is 0 Å². The average molecular weight is 442 g/mol. The zero-order valence-corrected chi connectivity index (χ0v) is 19.4. The van der Waals surface area contributed by atoms with Crippen LogP contribution in [0.5, 0.6) is 0 Å². The lowest BCUT2D eigenvalue weighted by molar-refractivity contribution is 0.196. The molecule has 0 aliphatic carbocycles. The standard InChI is InChI=1S/C23H35N7S/c1-2-24-22(26-12-8-21-18-31-23(28-21)30-13-5-6-14-30)27-19-9-15-29(16-10-19)17-20-7-3-4-11-25-20/h3-4,7,11,18-19H,2,5-6,8-10,12-17H2,1H3,(H2,24,26,27). The minimum absolute atomic E-state index is 0.471. The maximum atomic E-state index is 4.82. The van der Waals surface area contributed by atoms with E-state index in [4.69, 9.17) is 9.98 Å². The molecular formula is C23H35N7S. The first-order valence-corrected chi connectivity index (χ1v) is 12.5. The van der Waals surface area contributed by atoms with Gasteiger partial charge in [0.25, 0.3) is 0 Å². The summed E-state index contributed by atoms with van der Waals surface area (Å²) in [5.41, 5.74) is 2.31. The molecule has 2 fully saturated rings. The third kappa shape index (κ3) is 6.64. The molecule has 0 unspecified atom stereocenters. The first kappa shape index (κ1) is 22.0. The number of anilines is 1. The van der Waals surface area contributed by atoms with Crippen molar-refractivity contribution in [2.75, 3.05) is 44.2 Å². The number of piperidine rings is 1. The van der Waals surface area contributed by atoms with Crippen LogP contribution in [0.3, 0.4) is 0 Å². The van der Waals surface area contributed by atoms with E-state index in [1.165, 1.54) is 18.0 Å². The lowest BCUT2D eigenvalue weighted by Crippen LogP contribution is -2.48. The van der Waals surface area contributed by atoms with Gasteiger partial charge in [-0.2, -0.15) is 0 Å². The summed E-state index contributed by atoms with van der Waals surface area (Å²) in [5.74, 6) is 0.931. The fourth-order valence-corrected chi connectivity index (χ4v) is 5.13. The lowest BCUT2D eigenvalue weighted by Gasteiger charge is -2.32. The van der Waals surface area contributed by atoms with Gasteiger partial charge in [0.15, 0.2) is 11.1 Å². The highest BCUT2D eigenvalue weighted by Gasteiger charge is 2.20. The Kier molecular flexibility index (Phi) is 8.12. The zero-order chi connectivity index (χ0) is 21.3. The van der Waals surface area contributed by atoms with E-state index >= 15 is 0 Å². The van der Waals surface area contributed by atoms with Crippen LogP contribution in [0.25, 0.3) is 0 Å². The normalized spacial score (nSPS) is 18.5. The van der Waals surface area contributed by atoms with E-state index in [0.717, 1.165) is 82.4 Å². The second-order valence-corrected chi connectivity index (χ2v) is 9.18. The van der Waals surface area contributed by atoms with E-state index in [9.17, 15) is 0 Å².